The van der Waals surface area contributed by atoms with E-state index in [0.717, 1.165) is 0 Å². The van der Waals surface area contributed by atoms with Crippen LogP contribution in [0.5, 0.6) is 5.75 Å². The van der Waals surface area contributed by atoms with Crippen molar-refractivity contribution in [3.63, 3.8) is 0 Å². The molecular weight excluding hydrogens is 261 g/mol. The van der Waals surface area contributed by atoms with Crippen LogP contribution in [-0.4, -0.2) is 9.97 Å². The van der Waals surface area contributed by atoms with Crippen molar-refractivity contribution in [2.75, 3.05) is 5.73 Å². The average Bonchev–Trinajstić information content (AvgIpc) is 2.32. The second-order valence-electron chi connectivity index (χ2n) is 3.30. The number of benzene rings is 1. The molecule has 88 valence electrons. The van der Waals surface area contributed by atoms with Gasteiger partial charge in [-0.25, -0.2) is 4.98 Å². The fourth-order valence-electron chi connectivity index (χ4n) is 1.18. The Morgan fingerprint density at radius 2 is 2.00 bits per heavy atom. The van der Waals surface area contributed by atoms with Gasteiger partial charge >= 0.3 is 0 Å². The number of hydrogen-bond donors (Lipinski definition) is 1. The number of nitrogen functional groups attached to an aromatic ring is 1. The number of nitrogens with zero attached hydrogens (tertiary/aromatic N) is 2. The molecule has 1 heterocycles. The minimum atomic E-state index is 0.257. The van der Waals surface area contributed by atoms with Gasteiger partial charge in [0.05, 0.1) is 23.1 Å². The highest BCUT2D eigenvalue weighted by atomic mass is 35.5. The van der Waals surface area contributed by atoms with E-state index in [2.05, 4.69) is 9.97 Å². The molecule has 2 aromatic rings. The van der Waals surface area contributed by atoms with E-state index in [4.69, 9.17) is 33.7 Å². The number of hydrogen-bond acceptors (Lipinski definition) is 4. The molecule has 2 rings (SSSR count). The topological polar surface area (TPSA) is 61.0 Å². The summed E-state index contributed by atoms with van der Waals surface area (Å²) >= 11 is 11.8. The Hall–Kier alpha value is -1.52. The van der Waals surface area contributed by atoms with Crippen molar-refractivity contribution in [1.29, 1.82) is 0 Å². The van der Waals surface area contributed by atoms with Crippen molar-refractivity contribution >= 4 is 29.0 Å². The van der Waals surface area contributed by atoms with Crippen LogP contribution in [0.1, 0.15) is 5.69 Å². The Balaban J connectivity index is 2.07. The molecule has 1 aromatic heterocycles. The second kappa shape index (κ2) is 5.21. The Labute approximate surface area is 108 Å². The van der Waals surface area contributed by atoms with Crippen LogP contribution in [-0.2, 0) is 6.61 Å². The van der Waals surface area contributed by atoms with Gasteiger partial charge in [0.2, 0.25) is 0 Å². The smallest absolute Gasteiger partial charge is 0.141 e. The molecule has 0 radical (unpaired) electrons. The zero-order valence-electron chi connectivity index (χ0n) is 8.73. The molecule has 0 bridgehead atoms. The SMILES string of the molecule is Nc1cnc(COc2cc(Cl)ccc2Cl)cn1. The van der Waals surface area contributed by atoms with E-state index >= 15 is 0 Å². The van der Waals surface area contributed by atoms with Crippen molar-refractivity contribution in [2.24, 2.45) is 0 Å². The van der Waals surface area contributed by atoms with Crippen molar-refractivity contribution in [3.05, 3.63) is 46.3 Å². The van der Waals surface area contributed by atoms with Gasteiger partial charge in [-0.2, -0.15) is 0 Å². The van der Waals surface area contributed by atoms with Crippen LogP contribution >= 0.6 is 23.2 Å². The average molecular weight is 270 g/mol. The van der Waals surface area contributed by atoms with Gasteiger partial charge in [-0.15, -0.1) is 0 Å². The summed E-state index contributed by atoms with van der Waals surface area (Å²) in [6, 6.07) is 5.02. The van der Waals surface area contributed by atoms with Gasteiger partial charge in [-0.05, 0) is 12.1 Å². The number of ether oxygens (including phenoxy) is 1. The molecule has 0 unspecified atom stereocenters. The van der Waals surface area contributed by atoms with Crippen molar-refractivity contribution in [2.45, 2.75) is 6.61 Å². The summed E-state index contributed by atoms with van der Waals surface area (Å²) in [4.78, 5) is 7.96. The molecular formula is C11H9Cl2N3O. The van der Waals surface area contributed by atoms with Crippen LogP contribution in [0.25, 0.3) is 0 Å². The van der Waals surface area contributed by atoms with Crippen molar-refractivity contribution < 1.29 is 4.74 Å². The molecule has 0 spiro atoms. The predicted octanol–water partition coefficient (Wildman–Crippen LogP) is 2.94. The molecule has 0 aliphatic rings. The van der Waals surface area contributed by atoms with Crippen molar-refractivity contribution in [1.82, 2.24) is 9.97 Å². The van der Waals surface area contributed by atoms with E-state index < -0.39 is 0 Å². The summed E-state index contributed by atoms with van der Waals surface area (Å²) in [5.74, 6) is 0.882. The summed E-state index contributed by atoms with van der Waals surface area (Å²) in [5, 5.41) is 1.06. The Bertz CT molecular complexity index is 517. The summed E-state index contributed by atoms with van der Waals surface area (Å²) in [7, 11) is 0. The second-order valence-corrected chi connectivity index (χ2v) is 4.14. The van der Waals surface area contributed by atoms with Crippen LogP contribution < -0.4 is 10.5 Å². The summed E-state index contributed by atoms with van der Waals surface area (Å²) in [5.41, 5.74) is 6.09. The molecule has 0 saturated heterocycles. The number of rotatable bonds is 3. The molecule has 6 heteroatoms. The van der Waals surface area contributed by atoms with E-state index in [1.807, 2.05) is 0 Å². The van der Waals surface area contributed by atoms with Gasteiger partial charge in [-0.1, -0.05) is 23.2 Å². The molecule has 0 aliphatic carbocycles. The molecule has 0 saturated carbocycles. The first kappa shape index (κ1) is 12.0. The normalized spacial score (nSPS) is 10.2. The van der Waals surface area contributed by atoms with E-state index in [-0.39, 0.29) is 6.61 Å². The number of nitrogens with two attached hydrogens (primary N) is 1. The first-order valence-corrected chi connectivity index (χ1v) is 5.55. The third-order valence-electron chi connectivity index (χ3n) is 1.99. The van der Waals surface area contributed by atoms with Crippen LogP contribution in [0.4, 0.5) is 5.82 Å². The maximum atomic E-state index is 5.95. The molecule has 4 nitrogen and oxygen atoms in total. The van der Waals surface area contributed by atoms with Crippen LogP contribution in [0.15, 0.2) is 30.6 Å². The molecule has 0 atom stereocenters. The minimum Gasteiger partial charge on any atom is -0.486 e. The number of anilines is 1. The molecule has 17 heavy (non-hydrogen) atoms. The van der Waals surface area contributed by atoms with Gasteiger partial charge in [0.15, 0.2) is 0 Å². The largest absolute Gasteiger partial charge is 0.486 e. The first-order chi connectivity index (χ1) is 8.15. The lowest BCUT2D eigenvalue weighted by molar-refractivity contribution is 0.301. The molecule has 2 N–H and O–H groups in total. The first-order valence-electron chi connectivity index (χ1n) is 4.79. The van der Waals surface area contributed by atoms with Crippen LogP contribution in [0.3, 0.4) is 0 Å². The Kier molecular flexibility index (Phi) is 3.66. The lowest BCUT2D eigenvalue weighted by Crippen LogP contribution is -2.01. The van der Waals surface area contributed by atoms with E-state index in [9.17, 15) is 0 Å². The summed E-state index contributed by atoms with van der Waals surface area (Å²) < 4.78 is 5.48. The van der Waals surface area contributed by atoms with E-state index in [1.54, 1.807) is 24.4 Å². The fraction of sp³-hybridized carbons (Fsp3) is 0.0909. The quantitative estimate of drug-likeness (QED) is 0.931. The van der Waals surface area contributed by atoms with Gasteiger partial charge < -0.3 is 10.5 Å². The highest BCUT2D eigenvalue weighted by Gasteiger charge is 2.03. The molecule has 0 fully saturated rings. The Morgan fingerprint density at radius 3 is 2.71 bits per heavy atom. The van der Waals surface area contributed by atoms with E-state index in [0.29, 0.717) is 27.3 Å². The summed E-state index contributed by atoms with van der Waals surface area (Å²) in [6.07, 6.45) is 3.02. The monoisotopic (exact) mass is 269 g/mol. The molecule has 0 aliphatic heterocycles. The van der Waals surface area contributed by atoms with Crippen molar-refractivity contribution in [3.8, 4) is 5.75 Å². The number of aromatic nitrogens is 2. The lowest BCUT2D eigenvalue weighted by Gasteiger charge is -2.07. The van der Waals surface area contributed by atoms with Gasteiger partial charge in [0.1, 0.15) is 18.2 Å². The van der Waals surface area contributed by atoms with E-state index in [1.165, 1.54) is 6.20 Å². The maximum Gasteiger partial charge on any atom is 0.141 e. The third kappa shape index (κ3) is 3.22. The number of halogens is 2. The molecule has 1 aromatic carbocycles. The zero-order valence-corrected chi connectivity index (χ0v) is 10.2. The lowest BCUT2D eigenvalue weighted by atomic mass is 10.3. The fourth-order valence-corrected chi connectivity index (χ4v) is 1.51. The summed E-state index contributed by atoms with van der Waals surface area (Å²) in [6.45, 7) is 0.257. The zero-order chi connectivity index (χ0) is 12.3. The van der Waals surface area contributed by atoms with Crippen LogP contribution in [0, 0.1) is 0 Å². The minimum absolute atomic E-state index is 0.257. The third-order valence-corrected chi connectivity index (χ3v) is 2.54. The predicted molar refractivity (Wildman–Crippen MR) is 67.2 cm³/mol. The van der Waals surface area contributed by atoms with Gasteiger partial charge in [0, 0.05) is 11.1 Å². The van der Waals surface area contributed by atoms with Gasteiger partial charge in [-0.3, -0.25) is 4.98 Å². The van der Waals surface area contributed by atoms with Gasteiger partial charge in [0.25, 0.3) is 0 Å². The highest BCUT2D eigenvalue weighted by Crippen LogP contribution is 2.28. The Morgan fingerprint density at radius 1 is 1.18 bits per heavy atom. The highest BCUT2D eigenvalue weighted by molar-refractivity contribution is 6.34. The van der Waals surface area contributed by atoms with Crippen LogP contribution in [0.2, 0.25) is 10.0 Å². The maximum absolute atomic E-state index is 5.95. The molecule has 0 amide bonds. The standard InChI is InChI=1S/C11H9Cl2N3O/c12-7-1-2-9(13)10(3-7)17-6-8-4-16-11(14)5-15-8/h1-5H,6H2,(H2,14,16).